The summed E-state index contributed by atoms with van der Waals surface area (Å²) in [5.41, 5.74) is 12.5. The highest BCUT2D eigenvalue weighted by Gasteiger charge is 2.21. The summed E-state index contributed by atoms with van der Waals surface area (Å²) in [5, 5.41) is 6.85. The molecule has 0 saturated heterocycles. The van der Waals surface area contributed by atoms with Gasteiger partial charge in [0.05, 0.1) is 11.0 Å². The molecule has 13 aromatic rings. The van der Waals surface area contributed by atoms with Gasteiger partial charge in [-0.2, -0.15) is 0 Å². The molecule has 0 fully saturated rings. The van der Waals surface area contributed by atoms with E-state index in [1.165, 1.54) is 43.1 Å². The molecule has 5 nitrogen and oxygen atoms in total. The van der Waals surface area contributed by atoms with Crippen LogP contribution in [-0.4, -0.2) is 19.5 Å². The van der Waals surface area contributed by atoms with Crippen molar-refractivity contribution in [1.82, 2.24) is 19.5 Å². The lowest BCUT2D eigenvalue weighted by molar-refractivity contribution is 0.669. The second-order valence-electron chi connectivity index (χ2n) is 16.0. The molecule has 0 aliphatic carbocycles. The van der Waals surface area contributed by atoms with Crippen molar-refractivity contribution in [3.05, 3.63) is 206 Å². The number of benzene rings is 9. The molecule has 294 valence electrons. The lowest BCUT2D eigenvalue weighted by atomic mass is 9.97. The predicted molar refractivity (Wildman–Crippen MR) is 262 cm³/mol. The van der Waals surface area contributed by atoms with Gasteiger partial charge in [0, 0.05) is 64.1 Å². The predicted octanol–water partition coefficient (Wildman–Crippen LogP) is 15.6. The molecule has 6 heteroatoms. The number of para-hydroxylation sites is 3. The van der Waals surface area contributed by atoms with Crippen LogP contribution in [0.15, 0.2) is 211 Å². The van der Waals surface area contributed by atoms with E-state index in [-0.39, 0.29) is 0 Å². The third-order valence-electron chi connectivity index (χ3n) is 12.2. The fourth-order valence-corrected chi connectivity index (χ4v) is 10.4. The molecule has 0 amide bonds. The average molecular weight is 823 g/mol. The summed E-state index contributed by atoms with van der Waals surface area (Å²) in [4.78, 5) is 15.9. The van der Waals surface area contributed by atoms with Crippen LogP contribution in [0.25, 0.3) is 126 Å². The number of furan rings is 1. The summed E-state index contributed by atoms with van der Waals surface area (Å²) in [6.45, 7) is 0. The van der Waals surface area contributed by atoms with Crippen LogP contribution in [0.2, 0.25) is 0 Å². The lowest BCUT2D eigenvalue weighted by Crippen LogP contribution is -2.01. The zero-order valence-corrected chi connectivity index (χ0v) is 34.6. The third-order valence-corrected chi connectivity index (χ3v) is 13.5. The quantitative estimate of drug-likeness (QED) is 0.168. The molecule has 9 aromatic carbocycles. The van der Waals surface area contributed by atoms with Crippen LogP contribution in [0.5, 0.6) is 0 Å². The van der Waals surface area contributed by atoms with E-state index >= 15 is 0 Å². The number of hydrogen-bond donors (Lipinski definition) is 0. The standard InChI is InChI=1S/C57H34N4OS/c1-3-14-35(15-4-1)37-18-13-19-38(30-37)39-27-29-53-46(31-39)47-33-41(61-49-23-10-7-20-42(49)43-21-8-11-24-50(43)61)34-48(54(47)63-53)57-59-55(36-16-5-2-6-17-36)58-56(60-57)40-26-28-52-45(32-40)44-22-9-12-25-51(44)62-52/h1-34H. The SMILES string of the molecule is c1ccc(-c2cccc(-c3ccc4sc5c(-c6nc(-c7ccccc7)nc(-c7ccc8oc9ccccc9c8c7)n6)cc(-n6c7ccccc7c7ccccc76)cc5c4c3)c2)cc1. The molecule has 4 heterocycles. The first-order valence-electron chi connectivity index (χ1n) is 21.1. The maximum Gasteiger partial charge on any atom is 0.165 e. The molecule has 0 saturated carbocycles. The van der Waals surface area contributed by atoms with Crippen LogP contribution in [0.3, 0.4) is 0 Å². The summed E-state index contributed by atoms with van der Waals surface area (Å²) in [5.74, 6) is 1.83. The Bertz CT molecular complexity index is 3870. The molecule has 0 spiro atoms. The summed E-state index contributed by atoms with van der Waals surface area (Å²) in [6, 6.07) is 72.9. The lowest BCUT2D eigenvalue weighted by Gasteiger charge is -2.13. The minimum Gasteiger partial charge on any atom is -0.456 e. The van der Waals surface area contributed by atoms with Crippen LogP contribution >= 0.6 is 11.3 Å². The van der Waals surface area contributed by atoms with Crippen LogP contribution < -0.4 is 0 Å². The number of thiophene rings is 1. The molecule has 0 atom stereocenters. The topological polar surface area (TPSA) is 56.7 Å². The molecule has 0 N–H and O–H groups in total. The van der Waals surface area contributed by atoms with Crippen molar-refractivity contribution in [2.45, 2.75) is 0 Å². The Hall–Kier alpha value is -8.19. The van der Waals surface area contributed by atoms with Gasteiger partial charge in [-0.1, -0.05) is 140 Å². The van der Waals surface area contributed by atoms with Crippen LogP contribution in [0, 0.1) is 0 Å². The van der Waals surface area contributed by atoms with Crippen molar-refractivity contribution in [2.75, 3.05) is 0 Å². The molecule has 4 aromatic heterocycles. The zero-order chi connectivity index (χ0) is 41.4. The Kier molecular flexibility index (Phi) is 8.01. The van der Waals surface area contributed by atoms with E-state index in [2.05, 4.69) is 168 Å². The summed E-state index contributed by atoms with van der Waals surface area (Å²) >= 11 is 1.79. The molecule has 0 aliphatic heterocycles. The van der Waals surface area contributed by atoms with E-state index in [9.17, 15) is 0 Å². The van der Waals surface area contributed by atoms with Crippen molar-refractivity contribution >= 4 is 75.3 Å². The number of hydrogen-bond acceptors (Lipinski definition) is 5. The van der Waals surface area contributed by atoms with Gasteiger partial charge in [0.1, 0.15) is 11.2 Å². The maximum absolute atomic E-state index is 6.22. The largest absolute Gasteiger partial charge is 0.456 e. The van der Waals surface area contributed by atoms with E-state index in [1.807, 2.05) is 42.5 Å². The maximum atomic E-state index is 6.22. The smallest absolute Gasteiger partial charge is 0.165 e. The zero-order valence-electron chi connectivity index (χ0n) is 33.7. The Labute approximate surface area is 365 Å². The van der Waals surface area contributed by atoms with Crippen molar-refractivity contribution in [3.8, 4) is 62.1 Å². The molecule has 63 heavy (non-hydrogen) atoms. The van der Waals surface area contributed by atoms with Crippen LogP contribution in [0.1, 0.15) is 0 Å². The van der Waals surface area contributed by atoms with Crippen molar-refractivity contribution in [1.29, 1.82) is 0 Å². The number of aromatic nitrogens is 4. The van der Waals surface area contributed by atoms with Crippen molar-refractivity contribution in [2.24, 2.45) is 0 Å². The Balaban J connectivity index is 1.08. The van der Waals surface area contributed by atoms with Gasteiger partial charge >= 0.3 is 0 Å². The normalized spacial score (nSPS) is 11.8. The fraction of sp³-hybridized carbons (Fsp3) is 0. The first-order chi connectivity index (χ1) is 31.2. The summed E-state index contributed by atoms with van der Waals surface area (Å²) in [7, 11) is 0. The Morgan fingerprint density at radius 3 is 1.67 bits per heavy atom. The monoisotopic (exact) mass is 822 g/mol. The van der Waals surface area contributed by atoms with E-state index in [0.717, 1.165) is 65.4 Å². The van der Waals surface area contributed by atoms with Gasteiger partial charge in [-0.3, -0.25) is 0 Å². The van der Waals surface area contributed by atoms with Gasteiger partial charge in [-0.15, -0.1) is 11.3 Å². The first kappa shape index (κ1) is 35.6. The highest BCUT2D eigenvalue weighted by Crippen LogP contribution is 2.44. The summed E-state index contributed by atoms with van der Waals surface area (Å²) < 4.78 is 10.9. The molecular weight excluding hydrogens is 789 g/mol. The number of nitrogens with zero attached hydrogens (tertiary/aromatic N) is 4. The Morgan fingerprint density at radius 1 is 0.349 bits per heavy atom. The molecule has 0 unspecified atom stereocenters. The van der Waals surface area contributed by atoms with Gasteiger partial charge < -0.3 is 8.98 Å². The van der Waals surface area contributed by atoms with E-state index in [4.69, 9.17) is 19.4 Å². The van der Waals surface area contributed by atoms with Gasteiger partial charge in [0.2, 0.25) is 0 Å². The van der Waals surface area contributed by atoms with Crippen LogP contribution in [-0.2, 0) is 0 Å². The second kappa shape index (κ2) is 14.2. The first-order valence-corrected chi connectivity index (χ1v) is 21.9. The minimum absolute atomic E-state index is 0.600. The Morgan fingerprint density at radius 2 is 0.905 bits per heavy atom. The van der Waals surface area contributed by atoms with E-state index in [1.54, 1.807) is 11.3 Å². The highest BCUT2D eigenvalue weighted by molar-refractivity contribution is 7.26. The van der Waals surface area contributed by atoms with Crippen molar-refractivity contribution < 1.29 is 4.42 Å². The van der Waals surface area contributed by atoms with Gasteiger partial charge in [0.25, 0.3) is 0 Å². The number of rotatable bonds is 6. The second-order valence-corrected chi connectivity index (χ2v) is 17.0. The average Bonchev–Trinajstić information content (AvgIpc) is 4.03. The van der Waals surface area contributed by atoms with Crippen LogP contribution in [0.4, 0.5) is 0 Å². The summed E-state index contributed by atoms with van der Waals surface area (Å²) in [6.07, 6.45) is 0. The van der Waals surface area contributed by atoms with Gasteiger partial charge in [-0.25, -0.2) is 15.0 Å². The van der Waals surface area contributed by atoms with E-state index in [0.29, 0.717) is 17.5 Å². The highest BCUT2D eigenvalue weighted by atomic mass is 32.1. The molecule has 0 aliphatic rings. The van der Waals surface area contributed by atoms with Gasteiger partial charge in [0.15, 0.2) is 17.5 Å². The molecule has 0 bridgehead atoms. The van der Waals surface area contributed by atoms with E-state index < -0.39 is 0 Å². The molecule has 0 radical (unpaired) electrons. The fourth-order valence-electron chi connectivity index (χ4n) is 9.25. The number of fused-ring (bicyclic) bond motifs is 9. The van der Waals surface area contributed by atoms with Crippen molar-refractivity contribution in [3.63, 3.8) is 0 Å². The minimum atomic E-state index is 0.600. The molecule has 13 rings (SSSR count). The third kappa shape index (κ3) is 5.87. The molecular formula is C57H34N4OS. The van der Waals surface area contributed by atoms with Gasteiger partial charge in [-0.05, 0) is 89.0 Å².